The number of anilines is 2. The van der Waals surface area contributed by atoms with Crippen molar-refractivity contribution < 1.29 is 14.4 Å². The van der Waals surface area contributed by atoms with E-state index in [1.807, 2.05) is 0 Å². The predicted molar refractivity (Wildman–Crippen MR) is 171 cm³/mol. The fourth-order valence-electron chi connectivity index (χ4n) is 7.08. The molecule has 6 atom stereocenters. The quantitative estimate of drug-likeness (QED) is 0.260. The number of benzene rings is 2. The molecular formula is C35H50N4O3. The van der Waals surface area contributed by atoms with Gasteiger partial charge in [0.2, 0.25) is 0 Å². The monoisotopic (exact) mass is 574 g/mol. The van der Waals surface area contributed by atoms with Gasteiger partial charge in [0, 0.05) is 12.1 Å². The van der Waals surface area contributed by atoms with Gasteiger partial charge < -0.3 is 21.3 Å². The fourth-order valence-corrected chi connectivity index (χ4v) is 7.08. The number of carbonyl (C=O) groups excluding carboxylic acids is 3. The van der Waals surface area contributed by atoms with Crippen LogP contribution < -0.4 is 21.3 Å². The Kier molecular flexibility index (Phi) is 10.7. The minimum absolute atomic E-state index is 0.107. The number of nitrogens with one attached hydrogen (secondary N) is 4. The zero-order chi connectivity index (χ0) is 30.4. The number of hydrogen-bond acceptors (Lipinski definition) is 3. The van der Waals surface area contributed by atoms with Gasteiger partial charge in [-0.05, 0) is 85.5 Å². The molecule has 4 rings (SSSR count). The summed E-state index contributed by atoms with van der Waals surface area (Å²) in [6.45, 7) is 13.4. The van der Waals surface area contributed by atoms with Crippen LogP contribution in [0.1, 0.15) is 101 Å². The molecule has 2 aromatic carbocycles. The van der Waals surface area contributed by atoms with Crippen LogP contribution in [0.25, 0.3) is 0 Å². The van der Waals surface area contributed by atoms with Crippen molar-refractivity contribution in [3.63, 3.8) is 0 Å². The van der Waals surface area contributed by atoms with Gasteiger partial charge >= 0.3 is 6.03 Å². The molecule has 0 aliphatic heterocycles. The summed E-state index contributed by atoms with van der Waals surface area (Å²) in [4.78, 5) is 40.1. The van der Waals surface area contributed by atoms with E-state index in [4.69, 9.17) is 0 Å². The molecule has 0 bridgehead atoms. The summed E-state index contributed by atoms with van der Waals surface area (Å²) in [6, 6.07) is 13.8. The highest BCUT2D eigenvalue weighted by molar-refractivity contribution is 6.09. The van der Waals surface area contributed by atoms with E-state index in [0.29, 0.717) is 58.0 Å². The Morgan fingerprint density at radius 1 is 0.619 bits per heavy atom. The average molecular weight is 575 g/mol. The number of para-hydroxylation sites is 2. The van der Waals surface area contributed by atoms with Gasteiger partial charge in [0.05, 0.1) is 22.5 Å². The highest BCUT2D eigenvalue weighted by Gasteiger charge is 2.33. The van der Waals surface area contributed by atoms with E-state index in [2.05, 4.69) is 62.8 Å². The van der Waals surface area contributed by atoms with Crippen molar-refractivity contribution in [3.8, 4) is 0 Å². The predicted octanol–water partition coefficient (Wildman–Crippen LogP) is 7.71. The van der Waals surface area contributed by atoms with Crippen LogP contribution >= 0.6 is 0 Å². The number of hydrogen-bond donors (Lipinski definition) is 4. The number of rotatable bonds is 8. The third-order valence-corrected chi connectivity index (χ3v) is 9.52. The van der Waals surface area contributed by atoms with Gasteiger partial charge in [0.1, 0.15) is 0 Å². The second kappa shape index (κ2) is 14.2. The van der Waals surface area contributed by atoms with Gasteiger partial charge in [-0.2, -0.15) is 0 Å². The van der Waals surface area contributed by atoms with Crippen LogP contribution in [0.15, 0.2) is 48.5 Å². The Labute approximate surface area is 252 Å². The van der Waals surface area contributed by atoms with Crippen molar-refractivity contribution >= 4 is 29.2 Å². The zero-order valence-electron chi connectivity index (χ0n) is 26.2. The molecule has 2 aromatic rings. The molecular weight excluding hydrogens is 524 g/mol. The lowest BCUT2D eigenvalue weighted by atomic mass is 9.74. The first-order chi connectivity index (χ1) is 20.0. The first-order valence-electron chi connectivity index (χ1n) is 15.9. The topological polar surface area (TPSA) is 99.3 Å². The smallest absolute Gasteiger partial charge is 0.323 e. The van der Waals surface area contributed by atoms with Crippen molar-refractivity contribution in [2.75, 3.05) is 10.6 Å². The van der Waals surface area contributed by atoms with Crippen molar-refractivity contribution in [1.82, 2.24) is 10.6 Å². The van der Waals surface area contributed by atoms with E-state index < -0.39 is 6.03 Å². The summed E-state index contributed by atoms with van der Waals surface area (Å²) in [7, 11) is 0. The average Bonchev–Trinajstić information content (AvgIpc) is 2.93. The molecule has 4 amide bonds. The highest BCUT2D eigenvalue weighted by Crippen LogP contribution is 2.35. The lowest BCUT2D eigenvalue weighted by Crippen LogP contribution is -2.45. The van der Waals surface area contributed by atoms with Crippen LogP contribution in [-0.4, -0.2) is 29.9 Å². The van der Waals surface area contributed by atoms with E-state index in [1.54, 1.807) is 48.5 Å². The van der Waals surface area contributed by atoms with Crippen LogP contribution in [0.2, 0.25) is 0 Å². The van der Waals surface area contributed by atoms with Crippen molar-refractivity contribution in [2.24, 2.45) is 35.5 Å². The first kappa shape index (κ1) is 31.6. The molecule has 0 heterocycles. The fraction of sp³-hybridized carbons (Fsp3) is 0.571. The number of urea groups is 1. The molecule has 0 radical (unpaired) electrons. The molecule has 2 fully saturated rings. The SMILES string of the molecule is CC1CCC(C(C)C)C(NC(=O)c2ccccc2NC(=O)Nc2ccccc2C(=O)NC2CC(C)CCC2C(C)C)C1. The van der Waals surface area contributed by atoms with Crippen molar-refractivity contribution in [2.45, 2.75) is 92.2 Å². The Morgan fingerprint density at radius 2 is 1.00 bits per heavy atom. The van der Waals surface area contributed by atoms with Gasteiger partial charge in [-0.3, -0.25) is 9.59 Å². The Hall–Kier alpha value is -3.35. The molecule has 6 unspecified atom stereocenters. The molecule has 7 nitrogen and oxygen atoms in total. The van der Waals surface area contributed by atoms with Crippen LogP contribution in [0.5, 0.6) is 0 Å². The van der Waals surface area contributed by atoms with E-state index in [9.17, 15) is 14.4 Å². The highest BCUT2D eigenvalue weighted by atomic mass is 16.2. The Bertz CT molecular complexity index is 1150. The first-order valence-corrected chi connectivity index (χ1v) is 15.9. The molecule has 2 saturated carbocycles. The van der Waals surface area contributed by atoms with Crippen LogP contribution in [-0.2, 0) is 0 Å². The molecule has 0 aromatic heterocycles. The van der Waals surface area contributed by atoms with Crippen LogP contribution in [0.3, 0.4) is 0 Å². The van der Waals surface area contributed by atoms with Crippen LogP contribution in [0, 0.1) is 35.5 Å². The summed E-state index contributed by atoms with van der Waals surface area (Å²) in [5.74, 6) is 2.61. The van der Waals surface area contributed by atoms with Crippen molar-refractivity contribution in [3.05, 3.63) is 59.7 Å². The molecule has 4 N–H and O–H groups in total. The van der Waals surface area contributed by atoms with Crippen molar-refractivity contribution in [1.29, 1.82) is 0 Å². The normalized spacial score (nSPS) is 26.0. The lowest BCUT2D eigenvalue weighted by molar-refractivity contribution is 0.0860. The number of carbonyl (C=O) groups is 3. The van der Waals surface area contributed by atoms with E-state index in [-0.39, 0.29) is 23.9 Å². The van der Waals surface area contributed by atoms with E-state index in [1.165, 1.54) is 12.8 Å². The summed E-state index contributed by atoms with van der Waals surface area (Å²) < 4.78 is 0. The summed E-state index contributed by atoms with van der Waals surface area (Å²) in [5, 5.41) is 12.3. The largest absolute Gasteiger partial charge is 0.349 e. The molecule has 2 aliphatic carbocycles. The minimum Gasteiger partial charge on any atom is -0.349 e. The molecule has 7 heteroatoms. The summed E-state index contributed by atoms with van der Waals surface area (Å²) >= 11 is 0. The maximum absolute atomic E-state index is 13.4. The summed E-state index contributed by atoms with van der Waals surface area (Å²) in [6.07, 6.45) is 6.51. The van der Waals surface area contributed by atoms with Gasteiger partial charge in [0.15, 0.2) is 0 Å². The minimum atomic E-state index is -0.506. The van der Waals surface area contributed by atoms with E-state index >= 15 is 0 Å². The maximum atomic E-state index is 13.4. The number of amides is 4. The standard InChI is InChI=1S/C35H50N4O3/c1-21(2)25-17-15-23(5)19-31(25)36-33(40)27-11-7-9-13-29(27)38-35(42)39-30-14-10-8-12-28(30)34(41)37-32-20-24(6)16-18-26(32)22(3)4/h7-14,21-26,31-32H,15-20H2,1-6H3,(H,36,40)(H,37,41)(H2,38,39,42). The molecule has 0 spiro atoms. The molecule has 228 valence electrons. The second-order valence-corrected chi connectivity index (χ2v) is 13.5. The Balaban J connectivity index is 1.44. The van der Waals surface area contributed by atoms with E-state index in [0.717, 1.165) is 25.7 Å². The van der Waals surface area contributed by atoms with Gasteiger partial charge in [-0.25, -0.2) is 4.79 Å². The lowest BCUT2D eigenvalue weighted by Gasteiger charge is -2.38. The van der Waals surface area contributed by atoms with Gasteiger partial charge in [-0.15, -0.1) is 0 Å². The third-order valence-electron chi connectivity index (χ3n) is 9.52. The second-order valence-electron chi connectivity index (χ2n) is 13.5. The Morgan fingerprint density at radius 3 is 1.38 bits per heavy atom. The van der Waals surface area contributed by atoms with Gasteiger partial charge in [-0.1, -0.05) is 78.6 Å². The zero-order valence-corrected chi connectivity index (χ0v) is 26.2. The van der Waals surface area contributed by atoms with Gasteiger partial charge in [0.25, 0.3) is 11.8 Å². The maximum Gasteiger partial charge on any atom is 0.323 e. The molecule has 2 aliphatic rings. The van der Waals surface area contributed by atoms with Crippen LogP contribution in [0.4, 0.5) is 16.2 Å². The third kappa shape index (κ3) is 7.93. The molecule has 42 heavy (non-hydrogen) atoms. The summed E-state index contributed by atoms with van der Waals surface area (Å²) in [5.41, 5.74) is 1.70. The molecule has 0 saturated heterocycles.